The first-order valence-electron chi connectivity index (χ1n) is 5.00. The van der Waals surface area contributed by atoms with Crippen LogP contribution in [-0.4, -0.2) is 34.4 Å². The lowest BCUT2D eigenvalue weighted by Gasteiger charge is -2.41. The Hall–Kier alpha value is -0.130. The Morgan fingerprint density at radius 1 is 1.43 bits per heavy atom. The van der Waals surface area contributed by atoms with Crippen molar-refractivity contribution in [3.8, 4) is 0 Å². The maximum Gasteiger partial charge on any atom is 0.211 e. The molecule has 5 heteroatoms. The fourth-order valence-electron chi connectivity index (χ4n) is 1.72. The summed E-state index contributed by atoms with van der Waals surface area (Å²) >= 11 is 0. The number of ether oxygens (including phenoxy) is 1. The van der Waals surface area contributed by atoms with Gasteiger partial charge in [0.2, 0.25) is 10.0 Å². The maximum atomic E-state index is 11.2. The number of methoxy groups -OCH3 is 1. The second kappa shape index (κ2) is 4.59. The van der Waals surface area contributed by atoms with E-state index < -0.39 is 10.0 Å². The first kappa shape index (κ1) is 11.9. The minimum absolute atomic E-state index is 0.0665. The summed E-state index contributed by atoms with van der Waals surface area (Å²) in [4.78, 5) is 0. The van der Waals surface area contributed by atoms with Crippen molar-refractivity contribution >= 4 is 10.0 Å². The van der Waals surface area contributed by atoms with Gasteiger partial charge in [-0.15, -0.1) is 0 Å². The van der Waals surface area contributed by atoms with E-state index in [9.17, 15) is 8.42 Å². The molecule has 0 amide bonds. The zero-order chi connectivity index (χ0) is 10.7. The standard InChI is InChI=1S/C9H19NO3S/c1-3-14(11,12)10-7-9(8-13-2)5-4-6-9/h10H,3-8H2,1-2H3. The van der Waals surface area contributed by atoms with Crippen LogP contribution < -0.4 is 4.72 Å². The smallest absolute Gasteiger partial charge is 0.211 e. The Kier molecular flexibility index (Phi) is 3.92. The molecule has 84 valence electrons. The van der Waals surface area contributed by atoms with Crippen LogP contribution in [0.5, 0.6) is 0 Å². The highest BCUT2D eigenvalue weighted by atomic mass is 32.2. The molecule has 1 N–H and O–H groups in total. The molecule has 0 bridgehead atoms. The summed E-state index contributed by atoms with van der Waals surface area (Å²) in [5, 5.41) is 0. The highest BCUT2D eigenvalue weighted by Crippen LogP contribution is 2.40. The van der Waals surface area contributed by atoms with Crippen molar-refractivity contribution in [2.24, 2.45) is 5.41 Å². The van der Waals surface area contributed by atoms with E-state index in [-0.39, 0.29) is 11.2 Å². The third-order valence-electron chi connectivity index (χ3n) is 2.91. The van der Waals surface area contributed by atoms with Gasteiger partial charge >= 0.3 is 0 Å². The second-order valence-electron chi connectivity index (χ2n) is 4.01. The molecule has 1 saturated carbocycles. The SMILES string of the molecule is CCS(=O)(=O)NCC1(COC)CCC1. The normalized spacial score (nSPS) is 20.4. The minimum atomic E-state index is -3.05. The van der Waals surface area contributed by atoms with Crippen molar-refractivity contribution in [3.05, 3.63) is 0 Å². The Balaban J connectivity index is 2.42. The molecular formula is C9H19NO3S. The molecule has 0 unspecified atom stereocenters. The Morgan fingerprint density at radius 2 is 2.07 bits per heavy atom. The maximum absolute atomic E-state index is 11.2. The fraction of sp³-hybridized carbons (Fsp3) is 1.00. The average molecular weight is 221 g/mol. The third-order valence-corrected chi connectivity index (χ3v) is 4.26. The first-order chi connectivity index (χ1) is 6.54. The van der Waals surface area contributed by atoms with E-state index in [1.54, 1.807) is 14.0 Å². The van der Waals surface area contributed by atoms with Crippen molar-refractivity contribution in [2.45, 2.75) is 26.2 Å². The van der Waals surface area contributed by atoms with Gasteiger partial charge in [0.1, 0.15) is 0 Å². The number of rotatable bonds is 6. The van der Waals surface area contributed by atoms with Crippen LogP contribution in [0.15, 0.2) is 0 Å². The fourth-order valence-corrected chi connectivity index (χ4v) is 2.45. The molecule has 0 aromatic carbocycles. The summed E-state index contributed by atoms with van der Waals surface area (Å²) in [7, 11) is -1.39. The summed E-state index contributed by atoms with van der Waals surface area (Å²) < 4.78 is 30.2. The van der Waals surface area contributed by atoms with Crippen molar-refractivity contribution in [1.82, 2.24) is 4.72 Å². The molecule has 0 atom stereocenters. The van der Waals surface area contributed by atoms with Gasteiger partial charge in [0.05, 0.1) is 12.4 Å². The number of hydrogen-bond donors (Lipinski definition) is 1. The largest absolute Gasteiger partial charge is 0.384 e. The molecule has 0 spiro atoms. The van der Waals surface area contributed by atoms with E-state index in [2.05, 4.69) is 4.72 Å². The van der Waals surface area contributed by atoms with Gasteiger partial charge in [0.25, 0.3) is 0 Å². The topological polar surface area (TPSA) is 55.4 Å². The van der Waals surface area contributed by atoms with Crippen LogP contribution >= 0.6 is 0 Å². The molecular weight excluding hydrogens is 202 g/mol. The van der Waals surface area contributed by atoms with Gasteiger partial charge in [-0.25, -0.2) is 13.1 Å². The summed E-state index contributed by atoms with van der Waals surface area (Å²) in [5.74, 6) is 0.149. The van der Waals surface area contributed by atoms with Gasteiger partial charge in [-0.05, 0) is 19.8 Å². The van der Waals surface area contributed by atoms with Crippen LogP contribution in [0.25, 0.3) is 0 Å². The highest BCUT2D eigenvalue weighted by molar-refractivity contribution is 7.89. The zero-order valence-electron chi connectivity index (χ0n) is 8.88. The van der Waals surface area contributed by atoms with Gasteiger partial charge in [-0.1, -0.05) is 6.42 Å². The van der Waals surface area contributed by atoms with Crippen molar-refractivity contribution in [3.63, 3.8) is 0 Å². The number of nitrogens with one attached hydrogen (secondary N) is 1. The molecule has 0 radical (unpaired) electrons. The molecule has 4 nitrogen and oxygen atoms in total. The van der Waals surface area contributed by atoms with E-state index in [4.69, 9.17) is 4.74 Å². The molecule has 0 heterocycles. The van der Waals surface area contributed by atoms with E-state index >= 15 is 0 Å². The van der Waals surface area contributed by atoms with Crippen LogP contribution in [0.2, 0.25) is 0 Å². The van der Waals surface area contributed by atoms with Gasteiger partial charge < -0.3 is 4.74 Å². The van der Waals surface area contributed by atoms with Crippen LogP contribution in [0.3, 0.4) is 0 Å². The summed E-state index contributed by atoms with van der Waals surface area (Å²) in [5.41, 5.74) is 0.0665. The average Bonchev–Trinajstić information content (AvgIpc) is 2.09. The van der Waals surface area contributed by atoms with Gasteiger partial charge in [0, 0.05) is 19.1 Å². The van der Waals surface area contributed by atoms with Crippen LogP contribution in [-0.2, 0) is 14.8 Å². The number of hydrogen-bond acceptors (Lipinski definition) is 3. The molecule has 0 aromatic rings. The molecule has 14 heavy (non-hydrogen) atoms. The molecule has 1 rings (SSSR count). The third kappa shape index (κ3) is 2.93. The monoisotopic (exact) mass is 221 g/mol. The molecule has 1 aliphatic carbocycles. The van der Waals surface area contributed by atoms with Crippen LogP contribution in [0, 0.1) is 5.41 Å². The van der Waals surface area contributed by atoms with Gasteiger partial charge in [-0.2, -0.15) is 0 Å². The van der Waals surface area contributed by atoms with E-state index in [1.165, 1.54) is 6.42 Å². The van der Waals surface area contributed by atoms with Crippen LogP contribution in [0.4, 0.5) is 0 Å². The van der Waals surface area contributed by atoms with Crippen LogP contribution in [0.1, 0.15) is 26.2 Å². The summed E-state index contributed by atoms with van der Waals surface area (Å²) in [6, 6.07) is 0. The zero-order valence-corrected chi connectivity index (χ0v) is 9.69. The Morgan fingerprint density at radius 3 is 2.43 bits per heavy atom. The lowest BCUT2D eigenvalue weighted by atomic mass is 9.69. The summed E-state index contributed by atoms with van der Waals surface area (Å²) in [6.45, 7) is 2.82. The van der Waals surface area contributed by atoms with Crippen molar-refractivity contribution in [1.29, 1.82) is 0 Å². The predicted octanol–water partition coefficient (Wildman–Crippen LogP) is 0.742. The van der Waals surface area contributed by atoms with Crippen molar-refractivity contribution < 1.29 is 13.2 Å². The Bertz CT molecular complexity index is 270. The quantitative estimate of drug-likeness (QED) is 0.720. The first-order valence-corrected chi connectivity index (χ1v) is 6.65. The molecule has 0 saturated heterocycles. The van der Waals surface area contributed by atoms with Gasteiger partial charge in [-0.3, -0.25) is 0 Å². The second-order valence-corrected chi connectivity index (χ2v) is 6.11. The van der Waals surface area contributed by atoms with Gasteiger partial charge in [0.15, 0.2) is 0 Å². The lowest BCUT2D eigenvalue weighted by molar-refractivity contribution is 0.0220. The van der Waals surface area contributed by atoms with Crippen molar-refractivity contribution in [2.75, 3.05) is 26.0 Å². The van der Waals surface area contributed by atoms with E-state index in [0.29, 0.717) is 13.2 Å². The summed E-state index contributed by atoms with van der Waals surface area (Å²) in [6.07, 6.45) is 3.30. The van der Waals surface area contributed by atoms with E-state index in [0.717, 1.165) is 12.8 Å². The lowest BCUT2D eigenvalue weighted by Crippen LogP contribution is -2.45. The molecule has 1 aliphatic rings. The molecule has 0 aromatic heterocycles. The van der Waals surface area contributed by atoms with E-state index in [1.807, 2.05) is 0 Å². The molecule has 1 fully saturated rings. The minimum Gasteiger partial charge on any atom is -0.384 e. The Labute approximate surface area is 86.1 Å². The predicted molar refractivity (Wildman–Crippen MR) is 55.6 cm³/mol. The number of sulfonamides is 1. The highest BCUT2D eigenvalue weighted by Gasteiger charge is 2.37. The molecule has 0 aliphatic heterocycles.